The van der Waals surface area contributed by atoms with Crippen LogP contribution >= 0.6 is 0 Å². The number of aromatic nitrogens is 1. The van der Waals surface area contributed by atoms with Crippen LogP contribution in [0.15, 0.2) is 60.8 Å². The van der Waals surface area contributed by atoms with Crippen molar-refractivity contribution >= 4 is 16.8 Å². The summed E-state index contributed by atoms with van der Waals surface area (Å²) in [5, 5.41) is 1.02. The molecule has 2 aliphatic heterocycles. The Kier molecular flexibility index (Phi) is 6.28. The van der Waals surface area contributed by atoms with Crippen molar-refractivity contribution in [3.8, 4) is 0 Å². The molecule has 3 heterocycles. The van der Waals surface area contributed by atoms with Crippen molar-refractivity contribution in [3.05, 3.63) is 77.7 Å². The predicted molar refractivity (Wildman–Crippen MR) is 137 cm³/mol. The van der Waals surface area contributed by atoms with Gasteiger partial charge in [-0.15, -0.1) is 0 Å². The molecule has 2 aromatic carbocycles. The van der Waals surface area contributed by atoms with E-state index in [1.165, 1.54) is 24.8 Å². The van der Waals surface area contributed by atoms with Crippen molar-refractivity contribution in [2.75, 3.05) is 32.7 Å². The minimum absolute atomic E-state index is 0.135. The Morgan fingerprint density at radius 2 is 1.71 bits per heavy atom. The third-order valence-corrected chi connectivity index (χ3v) is 8.82. The standard InChI is InChI=1S/C30H34FN3O/c31-26-11-9-21(10-12-26)22-13-16-33(17-14-22)18-25-19-34(20-28(25)23-4-1-5-23)30(35)27-8-2-6-24-7-3-15-32-29(24)27/h2-3,6-12,15,22-23,25,28H,1,4-5,13-14,16-20H2. The summed E-state index contributed by atoms with van der Waals surface area (Å²) in [6.07, 6.45) is 7.97. The highest BCUT2D eigenvalue weighted by atomic mass is 19.1. The van der Waals surface area contributed by atoms with E-state index >= 15 is 0 Å². The predicted octanol–water partition coefficient (Wildman–Crippen LogP) is 5.74. The first-order chi connectivity index (χ1) is 17.2. The van der Waals surface area contributed by atoms with Gasteiger partial charge in [0.1, 0.15) is 5.82 Å². The fourth-order valence-corrected chi connectivity index (χ4v) is 6.62. The van der Waals surface area contributed by atoms with E-state index in [2.05, 4.69) is 14.8 Å². The molecule has 35 heavy (non-hydrogen) atoms. The van der Waals surface area contributed by atoms with Gasteiger partial charge in [0, 0.05) is 31.2 Å². The minimum Gasteiger partial charge on any atom is -0.338 e. The molecule has 1 aromatic heterocycles. The van der Waals surface area contributed by atoms with Gasteiger partial charge in [0.05, 0.1) is 11.1 Å². The summed E-state index contributed by atoms with van der Waals surface area (Å²) < 4.78 is 13.3. The Balaban J connectivity index is 1.13. The second kappa shape index (κ2) is 9.69. The van der Waals surface area contributed by atoms with Crippen LogP contribution in [0.1, 0.15) is 53.9 Å². The molecule has 0 spiro atoms. The number of carbonyl (C=O) groups is 1. The zero-order chi connectivity index (χ0) is 23.8. The molecule has 6 rings (SSSR count). The first-order valence-electron chi connectivity index (χ1n) is 13.3. The van der Waals surface area contributed by atoms with E-state index in [-0.39, 0.29) is 11.7 Å². The molecule has 0 bridgehead atoms. The Bertz CT molecular complexity index is 1180. The van der Waals surface area contributed by atoms with Gasteiger partial charge in [-0.05, 0) is 79.4 Å². The monoisotopic (exact) mass is 471 g/mol. The molecular weight excluding hydrogens is 437 g/mol. The number of pyridine rings is 1. The third kappa shape index (κ3) is 4.58. The van der Waals surface area contributed by atoms with E-state index in [1.54, 1.807) is 18.3 Å². The second-order valence-electron chi connectivity index (χ2n) is 10.8. The van der Waals surface area contributed by atoms with Crippen molar-refractivity contribution < 1.29 is 9.18 Å². The van der Waals surface area contributed by atoms with E-state index in [1.807, 2.05) is 42.5 Å². The molecule has 3 aliphatic rings. The Labute approximate surface area is 207 Å². The van der Waals surface area contributed by atoms with E-state index in [0.29, 0.717) is 17.8 Å². The highest BCUT2D eigenvalue weighted by Gasteiger charge is 2.42. The zero-order valence-corrected chi connectivity index (χ0v) is 20.3. The smallest absolute Gasteiger partial charge is 0.256 e. The summed E-state index contributed by atoms with van der Waals surface area (Å²) in [5.74, 6) is 2.40. The summed E-state index contributed by atoms with van der Waals surface area (Å²) in [5.41, 5.74) is 2.81. The molecule has 4 nitrogen and oxygen atoms in total. The minimum atomic E-state index is -0.159. The van der Waals surface area contributed by atoms with Crippen LogP contribution in [0.25, 0.3) is 10.9 Å². The number of piperidine rings is 1. The lowest BCUT2D eigenvalue weighted by atomic mass is 9.71. The van der Waals surface area contributed by atoms with Gasteiger partial charge in [-0.1, -0.05) is 49.6 Å². The molecule has 3 fully saturated rings. The lowest BCUT2D eigenvalue weighted by Gasteiger charge is -2.38. The molecule has 0 N–H and O–H groups in total. The summed E-state index contributed by atoms with van der Waals surface area (Å²) in [6.45, 7) is 4.97. The molecule has 1 saturated carbocycles. The van der Waals surface area contributed by atoms with Crippen molar-refractivity contribution in [1.29, 1.82) is 0 Å². The molecule has 2 atom stereocenters. The zero-order valence-electron chi connectivity index (χ0n) is 20.3. The highest BCUT2D eigenvalue weighted by molar-refractivity contribution is 6.05. The average Bonchev–Trinajstić information content (AvgIpc) is 3.26. The normalized spacial score (nSPS) is 24.1. The van der Waals surface area contributed by atoms with Crippen LogP contribution in [-0.4, -0.2) is 53.4 Å². The maximum absolute atomic E-state index is 13.6. The maximum Gasteiger partial charge on any atom is 0.256 e. The van der Waals surface area contributed by atoms with E-state index in [4.69, 9.17) is 0 Å². The summed E-state index contributed by atoms with van der Waals surface area (Å²) in [6, 6.07) is 16.9. The Morgan fingerprint density at radius 1 is 0.943 bits per heavy atom. The van der Waals surface area contributed by atoms with Crippen molar-refractivity contribution in [2.24, 2.45) is 17.8 Å². The fourth-order valence-electron chi connectivity index (χ4n) is 6.62. The third-order valence-electron chi connectivity index (χ3n) is 8.82. The van der Waals surface area contributed by atoms with Crippen LogP contribution < -0.4 is 0 Å². The molecule has 182 valence electrons. The number of fused-ring (bicyclic) bond motifs is 1. The summed E-state index contributed by atoms with van der Waals surface area (Å²) >= 11 is 0. The largest absolute Gasteiger partial charge is 0.338 e. The molecule has 5 heteroatoms. The number of nitrogens with zero attached hydrogens (tertiary/aromatic N) is 3. The topological polar surface area (TPSA) is 36.4 Å². The molecule has 2 saturated heterocycles. The average molecular weight is 472 g/mol. The van der Waals surface area contributed by atoms with Gasteiger partial charge in [0.2, 0.25) is 0 Å². The number of rotatable bonds is 5. The first kappa shape index (κ1) is 22.7. The number of hydrogen-bond acceptors (Lipinski definition) is 3. The van der Waals surface area contributed by atoms with E-state index in [0.717, 1.165) is 67.9 Å². The Morgan fingerprint density at radius 3 is 2.46 bits per heavy atom. The van der Waals surface area contributed by atoms with Crippen molar-refractivity contribution in [3.63, 3.8) is 0 Å². The van der Waals surface area contributed by atoms with Crippen LogP contribution in [0, 0.1) is 23.6 Å². The van der Waals surface area contributed by atoms with Gasteiger partial charge in [0.15, 0.2) is 0 Å². The van der Waals surface area contributed by atoms with Gasteiger partial charge in [-0.2, -0.15) is 0 Å². The lowest BCUT2D eigenvalue weighted by molar-refractivity contribution is 0.0776. The molecular formula is C30H34FN3O. The van der Waals surface area contributed by atoms with Crippen LogP contribution in [0.5, 0.6) is 0 Å². The summed E-state index contributed by atoms with van der Waals surface area (Å²) in [7, 11) is 0. The quantitative estimate of drug-likeness (QED) is 0.476. The lowest BCUT2D eigenvalue weighted by Crippen LogP contribution is -2.40. The molecule has 0 radical (unpaired) electrons. The number of likely N-dealkylation sites (tertiary alicyclic amines) is 2. The van der Waals surface area contributed by atoms with Crippen LogP contribution in [-0.2, 0) is 0 Å². The van der Waals surface area contributed by atoms with Gasteiger partial charge >= 0.3 is 0 Å². The highest BCUT2D eigenvalue weighted by Crippen LogP contribution is 2.42. The van der Waals surface area contributed by atoms with Gasteiger partial charge in [-0.25, -0.2) is 4.39 Å². The number of carbonyl (C=O) groups excluding carboxylic acids is 1. The summed E-state index contributed by atoms with van der Waals surface area (Å²) in [4.78, 5) is 22.9. The molecule has 1 amide bonds. The molecule has 3 aromatic rings. The Hall–Kier alpha value is -2.79. The number of hydrogen-bond donors (Lipinski definition) is 0. The van der Waals surface area contributed by atoms with Gasteiger partial charge in [-0.3, -0.25) is 9.78 Å². The number of halogens is 1. The van der Waals surface area contributed by atoms with E-state index < -0.39 is 0 Å². The van der Waals surface area contributed by atoms with Crippen LogP contribution in [0.3, 0.4) is 0 Å². The van der Waals surface area contributed by atoms with Crippen molar-refractivity contribution in [2.45, 2.75) is 38.0 Å². The van der Waals surface area contributed by atoms with Gasteiger partial charge < -0.3 is 9.80 Å². The second-order valence-corrected chi connectivity index (χ2v) is 10.8. The van der Waals surface area contributed by atoms with Crippen LogP contribution in [0.4, 0.5) is 4.39 Å². The molecule has 1 aliphatic carbocycles. The maximum atomic E-state index is 13.6. The number of benzene rings is 2. The first-order valence-corrected chi connectivity index (χ1v) is 13.3. The van der Waals surface area contributed by atoms with Crippen molar-refractivity contribution in [1.82, 2.24) is 14.8 Å². The molecule has 2 unspecified atom stereocenters. The fraction of sp³-hybridized carbons (Fsp3) is 0.467. The van der Waals surface area contributed by atoms with E-state index in [9.17, 15) is 9.18 Å². The number of para-hydroxylation sites is 1. The van der Waals surface area contributed by atoms with Crippen LogP contribution in [0.2, 0.25) is 0 Å². The number of amides is 1. The van der Waals surface area contributed by atoms with Gasteiger partial charge in [0.25, 0.3) is 5.91 Å². The SMILES string of the molecule is O=C(c1cccc2cccnc12)N1CC(CN2CCC(c3ccc(F)cc3)CC2)C(C2CCC2)C1.